The number of ether oxygens (including phenoxy) is 2. The maximum Gasteiger partial charge on any atom is 0.399 e. The smallest absolute Gasteiger partial charge is 0.399 e. The third-order valence-electron chi connectivity index (χ3n) is 2.98. The zero-order valence-corrected chi connectivity index (χ0v) is 18.0. The summed E-state index contributed by atoms with van der Waals surface area (Å²) in [5.41, 5.74) is 2.11. The van der Waals surface area contributed by atoms with Gasteiger partial charge < -0.3 is 14.7 Å². The molecule has 9 nitrogen and oxygen atoms in total. The Morgan fingerprint density at radius 1 is 0.931 bits per heavy atom. The summed E-state index contributed by atoms with van der Waals surface area (Å²) < 4.78 is 9.10. The first kappa shape index (κ1) is 31.2. The van der Waals surface area contributed by atoms with E-state index < -0.39 is 11.9 Å². The van der Waals surface area contributed by atoms with Crippen LogP contribution in [0.4, 0.5) is 0 Å². The van der Waals surface area contributed by atoms with Crippen LogP contribution >= 0.6 is 0 Å². The van der Waals surface area contributed by atoms with Crippen LogP contribution in [-0.2, 0) is 23.9 Å². The number of methoxy groups -OCH3 is 2. The van der Waals surface area contributed by atoms with Gasteiger partial charge in [-0.1, -0.05) is 38.2 Å². The Balaban J connectivity index is -0.000000386. The molecule has 9 heteroatoms. The molecule has 0 saturated heterocycles. The highest BCUT2D eigenvalue weighted by molar-refractivity contribution is 6.20. The maximum absolute atomic E-state index is 10.7. The zero-order valence-electron chi connectivity index (χ0n) is 18.0. The third kappa shape index (κ3) is 33.5. The van der Waals surface area contributed by atoms with E-state index in [0.29, 0.717) is 13.1 Å². The number of aldehydes is 1. The minimum Gasteiger partial charge on any atom is -0.463 e. The van der Waals surface area contributed by atoms with Crippen molar-refractivity contribution in [1.82, 2.24) is 5.48 Å². The highest BCUT2D eigenvalue weighted by Gasteiger charge is 2.05. The summed E-state index contributed by atoms with van der Waals surface area (Å²) in [5.74, 6) is -1.38. The van der Waals surface area contributed by atoms with Gasteiger partial charge in [0.15, 0.2) is 6.54 Å². The number of esters is 2. The number of rotatable bonds is 12. The van der Waals surface area contributed by atoms with Gasteiger partial charge in [-0.3, -0.25) is 10.0 Å². The third-order valence-corrected chi connectivity index (χ3v) is 2.98. The van der Waals surface area contributed by atoms with Crippen LogP contribution in [0.2, 0.25) is 0 Å². The van der Waals surface area contributed by atoms with E-state index in [4.69, 9.17) is 10.4 Å². The van der Waals surface area contributed by atoms with Crippen molar-refractivity contribution in [2.75, 3.05) is 27.3 Å². The average Bonchev–Trinajstić information content (AvgIpc) is 2.73. The van der Waals surface area contributed by atoms with Crippen molar-refractivity contribution in [3.63, 3.8) is 0 Å². The fourth-order valence-corrected chi connectivity index (χ4v) is 1.53. The molecule has 29 heavy (non-hydrogen) atoms. The van der Waals surface area contributed by atoms with Crippen molar-refractivity contribution < 1.29 is 39.0 Å². The Morgan fingerprint density at radius 3 is 1.83 bits per heavy atom. The summed E-state index contributed by atoms with van der Waals surface area (Å²) in [5, 5.41) is 17.3. The molecular formula is C20H37N2O7+. The summed E-state index contributed by atoms with van der Waals surface area (Å²) in [7, 11) is 2.42. The zero-order chi connectivity index (χ0) is 22.8. The molecule has 0 fully saturated rings. The van der Waals surface area contributed by atoms with Crippen molar-refractivity contribution in [2.45, 2.75) is 52.4 Å². The highest BCUT2D eigenvalue weighted by Crippen LogP contribution is 1.92. The largest absolute Gasteiger partial charge is 0.463 e. The number of nitrogens with zero attached hydrogens (tertiary/aromatic N) is 1. The number of hydrogen-bond acceptors (Lipinski definition) is 8. The number of carbonyl (C=O) groups excluding carboxylic acids is 3. The fraction of sp³-hybridized carbons (Fsp3) is 0.600. The second-order valence-electron chi connectivity index (χ2n) is 5.41. The van der Waals surface area contributed by atoms with Gasteiger partial charge in [0.1, 0.15) is 0 Å². The number of allylic oxidation sites excluding steroid dienone is 4. The summed E-state index contributed by atoms with van der Waals surface area (Å²) in [6.45, 7) is 5.30. The van der Waals surface area contributed by atoms with Crippen LogP contribution in [-0.4, -0.2) is 66.9 Å². The van der Waals surface area contributed by atoms with Crippen LogP contribution in [0.5, 0.6) is 0 Å². The molecule has 0 rings (SSSR count). The first-order chi connectivity index (χ1) is 13.9. The van der Waals surface area contributed by atoms with Crippen molar-refractivity contribution in [3.8, 4) is 0 Å². The van der Waals surface area contributed by atoms with Gasteiger partial charge in [0.05, 0.1) is 14.2 Å². The monoisotopic (exact) mass is 417 g/mol. The van der Waals surface area contributed by atoms with Crippen LogP contribution in [0.1, 0.15) is 52.4 Å². The predicted octanol–water partition coefficient (Wildman–Crippen LogP) is 2.45. The van der Waals surface area contributed by atoms with Crippen LogP contribution in [0.15, 0.2) is 24.3 Å². The van der Waals surface area contributed by atoms with Crippen LogP contribution in [0, 0.1) is 0 Å². The summed E-state index contributed by atoms with van der Waals surface area (Å²) in [6, 6.07) is 0. The number of nitrogens with one attached hydrogen (secondary N) is 1. The summed E-state index contributed by atoms with van der Waals surface area (Å²) >= 11 is 0. The van der Waals surface area contributed by atoms with Crippen molar-refractivity contribution in [2.24, 2.45) is 0 Å². The molecule has 0 bridgehead atoms. The molecule has 0 aromatic rings. The predicted molar refractivity (Wildman–Crippen MR) is 110 cm³/mol. The van der Waals surface area contributed by atoms with E-state index >= 15 is 0 Å². The lowest BCUT2D eigenvalue weighted by Crippen LogP contribution is -2.16. The second kappa shape index (κ2) is 27.7. The molecule has 0 heterocycles. The lowest BCUT2D eigenvalue weighted by Gasteiger charge is -1.91. The fourth-order valence-electron chi connectivity index (χ4n) is 1.53. The van der Waals surface area contributed by atoms with Gasteiger partial charge in [-0.25, -0.2) is 15.1 Å². The van der Waals surface area contributed by atoms with Gasteiger partial charge in [-0.15, -0.1) is 0 Å². The Labute approximate surface area is 173 Å². The lowest BCUT2D eigenvalue weighted by atomic mass is 10.3. The molecule has 0 amide bonds. The first-order valence-corrected chi connectivity index (χ1v) is 9.51. The molecule has 0 spiro atoms. The van der Waals surface area contributed by atoms with E-state index in [1.807, 2.05) is 0 Å². The van der Waals surface area contributed by atoms with Crippen molar-refractivity contribution in [1.29, 1.82) is 0 Å². The van der Waals surface area contributed by atoms with E-state index in [-0.39, 0.29) is 6.29 Å². The van der Waals surface area contributed by atoms with Crippen molar-refractivity contribution in [3.05, 3.63) is 24.3 Å². The first-order valence-electron chi connectivity index (χ1n) is 9.51. The van der Waals surface area contributed by atoms with E-state index in [0.717, 1.165) is 56.6 Å². The number of hydroxylamine groups is 2. The van der Waals surface area contributed by atoms with Crippen LogP contribution < -0.4 is 5.48 Å². The maximum atomic E-state index is 10.7. The Morgan fingerprint density at radius 2 is 1.45 bits per heavy atom. The Hall–Kier alpha value is -2.52. The summed E-state index contributed by atoms with van der Waals surface area (Å²) in [6.07, 6.45) is 15.5. The Bertz CT molecular complexity index is 489. The molecule has 0 radical (unpaired) electrons. The van der Waals surface area contributed by atoms with Crippen LogP contribution in [0.25, 0.3) is 0 Å². The molecule has 0 aliphatic heterocycles. The Kier molecular flexibility index (Phi) is 29.8. The lowest BCUT2D eigenvalue weighted by molar-refractivity contribution is -0.770. The van der Waals surface area contributed by atoms with E-state index in [2.05, 4.69) is 53.1 Å². The van der Waals surface area contributed by atoms with E-state index in [9.17, 15) is 14.4 Å². The van der Waals surface area contributed by atoms with Crippen LogP contribution in [0.3, 0.4) is 0 Å². The average molecular weight is 418 g/mol. The molecule has 0 saturated carbocycles. The molecule has 0 aromatic carbocycles. The molecule has 168 valence electrons. The van der Waals surface area contributed by atoms with Gasteiger partial charge in [0.25, 0.3) is 6.21 Å². The minimum atomic E-state index is -0.838. The van der Waals surface area contributed by atoms with E-state index in [1.54, 1.807) is 0 Å². The van der Waals surface area contributed by atoms with Gasteiger partial charge in [0.2, 0.25) is 6.29 Å². The second-order valence-corrected chi connectivity index (χ2v) is 5.41. The molecular weight excluding hydrogens is 380 g/mol. The van der Waals surface area contributed by atoms with Gasteiger partial charge in [-0.05, 0) is 36.8 Å². The number of carbonyl (C=O) groups is 3. The molecule has 0 aliphatic carbocycles. The topological polar surface area (TPSA) is 125 Å². The molecule has 0 aromatic heterocycles. The highest BCUT2D eigenvalue weighted by atomic mass is 16.5. The molecule has 0 aliphatic rings. The number of unbranched alkanes of at least 4 members (excludes halogenated alkanes) is 2. The number of hydrogen-bond donors (Lipinski definition) is 3. The van der Waals surface area contributed by atoms with Gasteiger partial charge in [0, 0.05) is 13.0 Å². The van der Waals surface area contributed by atoms with E-state index in [1.165, 1.54) is 7.11 Å². The molecule has 0 atom stereocenters. The standard InChI is InChI=1S/C10H18NO3.C7H15NO.C3H4O3/c1-3-4-5-6-7-8-11(13)9-10(12)14-2;1-2-3-4-5-6-7-8-9;1-6-3(5)2-4/h4-5,9,13H,3,6-8H2,1-2H3;3-4,8-9H,2,5-7H2,1H3;2H,1H3/q+1;;/b5-4-,11-9-;4-3-;. The van der Waals surface area contributed by atoms with Crippen molar-refractivity contribution >= 4 is 24.4 Å². The molecule has 3 N–H and O–H groups in total. The van der Waals surface area contributed by atoms with Gasteiger partial charge >= 0.3 is 11.9 Å². The SMILES string of the molecule is CC/C=C\CCC/[N+](O)=C/C(=O)OC.CC/C=C\CCCNO.COC(=O)C=O. The molecule has 0 unspecified atom stereocenters. The summed E-state index contributed by atoms with van der Waals surface area (Å²) in [4.78, 5) is 29.5. The normalized spacial score (nSPS) is 10.6. The quantitative estimate of drug-likeness (QED) is 0.0509. The minimum absolute atomic E-state index is 0.111. The van der Waals surface area contributed by atoms with Gasteiger partial charge in [-0.2, -0.15) is 0 Å².